The quantitative estimate of drug-likeness (QED) is 0.559. The monoisotopic (exact) mass is 452 g/mol. The molecule has 2 heterocycles. The Morgan fingerprint density at radius 3 is 2.61 bits per heavy atom. The van der Waals surface area contributed by atoms with Crippen molar-refractivity contribution in [3.05, 3.63) is 57.5 Å². The molecule has 1 unspecified atom stereocenters. The molecule has 1 aliphatic heterocycles. The third-order valence-corrected chi connectivity index (χ3v) is 6.92. The fourth-order valence-corrected chi connectivity index (χ4v) is 5.05. The fourth-order valence-electron chi connectivity index (χ4n) is 3.31. The number of sulfone groups is 1. The van der Waals surface area contributed by atoms with Crippen molar-refractivity contribution in [2.75, 3.05) is 12.8 Å². The number of amides is 2. The van der Waals surface area contributed by atoms with Gasteiger partial charge in [-0.15, -0.1) is 0 Å². The minimum atomic E-state index is -4.02. The van der Waals surface area contributed by atoms with E-state index in [4.69, 9.17) is 0 Å². The van der Waals surface area contributed by atoms with E-state index in [0.717, 1.165) is 4.57 Å². The highest BCUT2D eigenvalue weighted by molar-refractivity contribution is 7.92. The third-order valence-electron chi connectivity index (χ3n) is 4.94. The number of nitrogens with one attached hydrogen (secondary N) is 2. The van der Waals surface area contributed by atoms with Crippen LogP contribution in [0.4, 0.5) is 4.39 Å². The Labute approximate surface area is 177 Å². The molecule has 0 saturated heterocycles. The van der Waals surface area contributed by atoms with Gasteiger partial charge in [0.25, 0.3) is 11.5 Å². The first-order chi connectivity index (χ1) is 14.6. The van der Waals surface area contributed by atoms with Crippen LogP contribution < -0.4 is 16.2 Å². The van der Waals surface area contributed by atoms with Crippen LogP contribution >= 0.6 is 0 Å². The van der Waals surface area contributed by atoms with Crippen LogP contribution in [0, 0.1) is 5.82 Å². The summed E-state index contributed by atoms with van der Waals surface area (Å²) < 4.78 is 39.5. The number of rotatable bonds is 6. The van der Waals surface area contributed by atoms with E-state index in [9.17, 15) is 32.3 Å². The van der Waals surface area contributed by atoms with E-state index in [-0.39, 0.29) is 25.3 Å². The molecule has 3 N–H and O–H groups in total. The molecule has 2 aromatic rings. The number of halogens is 1. The molecule has 31 heavy (non-hydrogen) atoms. The number of carbonyl (C=O) groups excluding carboxylic acids is 2. The van der Waals surface area contributed by atoms with Crippen molar-refractivity contribution in [1.82, 2.24) is 20.2 Å². The minimum Gasteiger partial charge on any atom is -0.501 e. The summed E-state index contributed by atoms with van der Waals surface area (Å²) in [5.41, 5.74) is -0.980. The first-order valence-electron chi connectivity index (χ1n) is 9.42. The Morgan fingerprint density at radius 2 is 1.97 bits per heavy atom. The number of nitrogens with zero attached hydrogens (tertiary/aromatic N) is 2. The van der Waals surface area contributed by atoms with Gasteiger partial charge in [0, 0.05) is 20.1 Å². The molecule has 0 saturated carbocycles. The molecule has 0 bridgehead atoms. The van der Waals surface area contributed by atoms with Crippen molar-refractivity contribution < 1.29 is 27.5 Å². The van der Waals surface area contributed by atoms with Gasteiger partial charge in [-0.2, -0.15) is 0 Å². The topological polar surface area (TPSA) is 147 Å². The number of aromatic nitrogens is 2. The van der Waals surface area contributed by atoms with Crippen LogP contribution in [0.3, 0.4) is 0 Å². The lowest BCUT2D eigenvalue weighted by molar-refractivity contribution is -0.118. The number of fused-ring (bicyclic) bond motifs is 1. The normalized spacial score (nSPS) is 15.7. The Morgan fingerprint density at radius 1 is 1.29 bits per heavy atom. The molecule has 0 aliphatic carbocycles. The zero-order valence-electron chi connectivity index (χ0n) is 16.6. The summed E-state index contributed by atoms with van der Waals surface area (Å²) >= 11 is 0. The zero-order valence-corrected chi connectivity index (χ0v) is 17.4. The van der Waals surface area contributed by atoms with Crippen LogP contribution in [0.5, 0.6) is 5.75 Å². The predicted octanol–water partition coefficient (Wildman–Crippen LogP) is 0.0137. The molecule has 1 aliphatic rings. The van der Waals surface area contributed by atoms with Gasteiger partial charge in [-0.25, -0.2) is 17.8 Å². The smallest absolute Gasteiger partial charge is 0.296 e. The number of hydrogen-bond donors (Lipinski definition) is 3. The van der Waals surface area contributed by atoms with Crippen molar-refractivity contribution in [2.45, 2.75) is 31.2 Å². The summed E-state index contributed by atoms with van der Waals surface area (Å²) in [6.45, 7) is 0.0925. The maximum Gasteiger partial charge on any atom is 0.296 e. The van der Waals surface area contributed by atoms with E-state index in [1.165, 1.54) is 31.3 Å². The highest BCUT2D eigenvalue weighted by Crippen LogP contribution is 2.31. The molecular weight excluding hydrogens is 431 g/mol. The second-order valence-corrected chi connectivity index (χ2v) is 9.23. The molecule has 166 valence electrons. The van der Waals surface area contributed by atoms with Crippen LogP contribution in [-0.2, 0) is 27.7 Å². The molecule has 0 spiro atoms. The van der Waals surface area contributed by atoms with E-state index in [0.29, 0.717) is 12.0 Å². The highest BCUT2D eigenvalue weighted by Gasteiger charge is 2.37. The molecule has 1 aromatic carbocycles. The molecule has 10 nitrogen and oxygen atoms in total. The van der Waals surface area contributed by atoms with Crippen LogP contribution in [0.1, 0.15) is 40.0 Å². The summed E-state index contributed by atoms with van der Waals surface area (Å²) in [5.74, 6) is -3.93. The molecular formula is C19H21FN4O6S. The van der Waals surface area contributed by atoms with Gasteiger partial charge in [-0.1, -0.05) is 12.1 Å². The van der Waals surface area contributed by atoms with Gasteiger partial charge >= 0.3 is 0 Å². The van der Waals surface area contributed by atoms with Crippen LogP contribution in [0.25, 0.3) is 0 Å². The van der Waals surface area contributed by atoms with E-state index >= 15 is 0 Å². The first-order valence-corrected chi connectivity index (χ1v) is 11.1. The van der Waals surface area contributed by atoms with Gasteiger partial charge in [-0.3, -0.25) is 19.0 Å². The van der Waals surface area contributed by atoms with E-state index < -0.39 is 55.5 Å². The third kappa shape index (κ3) is 4.74. The lowest BCUT2D eigenvalue weighted by Gasteiger charge is -2.26. The molecule has 12 heteroatoms. The van der Waals surface area contributed by atoms with Crippen LogP contribution in [-0.4, -0.2) is 47.7 Å². The summed E-state index contributed by atoms with van der Waals surface area (Å²) in [6.07, 6.45) is 0.439. The number of aromatic hydroxyl groups is 1. The Hall–Kier alpha value is -3.28. The molecule has 1 aromatic heterocycles. The minimum absolute atomic E-state index is 0.0307. The van der Waals surface area contributed by atoms with Gasteiger partial charge in [-0.05, 0) is 30.5 Å². The van der Waals surface area contributed by atoms with Gasteiger partial charge in [0.1, 0.15) is 22.6 Å². The van der Waals surface area contributed by atoms with E-state index in [2.05, 4.69) is 15.6 Å². The first kappa shape index (κ1) is 22.4. The maximum atomic E-state index is 13.0. The van der Waals surface area contributed by atoms with E-state index in [1.807, 2.05) is 0 Å². The Balaban J connectivity index is 1.94. The number of carbonyl (C=O) groups is 2. The van der Waals surface area contributed by atoms with Crippen molar-refractivity contribution in [3.8, 4) is 5.75 Å². The summed E-state index contributed by atoms with van der Waals surface area (Å²) in [7, 11) is -2.72. The molecule has 0 fully saturated rings. The SMILES string of the molecule is CNC(=O)CS(=O)(=O)C1CCCn2c1nc(C(=O)NCc1ccc(F)cc1)c(O)c2=O. The number of hydrogen-bond acceptors (Lipinski definition) is 7. The molecule has 0 radical (unpaired) electrons. The van der Waals surface area contributed by atoms with Crippen LogP contribution in [0.2, 0.25) is 0 Å². The van der Waals surface area contributed by atoms with Gasteiger partial charge in [0.2, 0.25) is 11.7 Å². The lowest BCUT2D eigenvalue weighted by Crippen LogP contribution is -2.38. The predicted molar refractivity (Wildman–Crippen MR) is 108 cm³/mol. The molecule has 2 amide bonds. The second-order valence-electron chi connectivity index (χ2n) is 7.04. The second kappa shape index (κ2) is 8.84. The van der Waals surface area contributed by atoms with E-state index in [1.54, 1.807) is 0 Å². The summed E-state index contributed by atoms with van der Waals surface area (Å²) in [5, 5.41) is 13.6. The summed E-state index contributed by atoms with van der Waals surface area (Å²) in [6, 6.07) is 5.33. The van der Waals surface area contributed by atoms with Gasteiger partial charge < -0.3 is 15.7 Å². The molecule has 1 atom stereocenters. The van der Waals surface area contributed by atoms with Crippen molar-refractivity contribution in [1.29, 1.82) is 0 Å². The van der Waals surface area contributed by atoms with Crippen molar-refractivity contribution >= 4 is 21.7 Å². The van der Waals surface area contributed by atoms with Gasteiger partial charge in [0.15, 0.2) is 15.5 Å². The maximum absolute atomic E-state index is 13.0. The Kier molecular flexibility index (Phi) is 6.39. The standard InChI is InChI=1S/C19H21FN4O6S/c1-21-14(25)10-31(29,30)13-3-2-8-24-17(13)23-15(16(26)19(24)28)18(27)22-9-11-4-6-12(20)7-5-11/h4-7,13,26H,2-3,8-10H2,1H3,(H,21,25)(H,22,27). The summed E-state index contributed by atoms with van der Waals surface area (Å²) in [4.78, 5) is 40.8. The number of benzene rings is 1. The van der Waals surface area contributed by atoms with Gasteiger partial charge in [0.05, 0.1) is 0 Å². The van der Waals surface area contributed by atoms with Crippen molar-refractivity contribution in [2.24, 2.45) is 0 Å². The zero-order chi connectivity index (χ0) is 22.8. The largest absolute Gasteiger partial charge is 0.501 e. The average Bonchev–Trinajstić information content (AvgIpc) is 2.74. The lowest BCUT2D eigenvalue weighted by atomic mass is 10.1. The van der Waals surface area contributed by atoms with Crippen molar-refractivity contribution in [3.63, 3.8) is 0 Å². The fraction of sp³-hybridized carbons (Fsp3) is 0.368. The molecule has 3 rings (SSSR count). The van der Waals surface area contributed by atoms with Crippen LogP contribution in [0.15, 0.2) is 29.1 Å². The Bertz CT molecular complexity index is 1180. The highest BCUT2D eigenvalue weighted by atomic mass is 32.2. The average molecular weight is 452 g/mol.